The molecule has 1 aromatic heterocycles. The first-order chi connectivity index (χ1) is 9.94. The average Bonchev–Trinajstić information content (AvgIpc) is 2.79. The predicted octanol–water partition coefficient (Wildman–Crippen LogP) is 4.03. The van der Waals surface area contributed by atoms with Gasteiger partial charge < -0.3 is 5.32 Å². The van der Waals surface area contributed by atoms with E-state index >= 15 is 0 Å². The molecule has 0 unspecified atom stereocenters. The molecule has 2 rings (SSSR count). The van der Waals surface area contributed by atoms with Gasteiger partial charge in [0.15, 0.2) is 0 Å². The first kappa shape index (κ1) is 16.1. The molecule has 0 saturated heterocycles. The van der Waals surface area contributed by atoms with E-state index in [1.54, 1.807) is 30.4 Å². The van der Waals surface area contributed by atoms with Crippen molar-refractivity contribution in [2.45, 2.75) is 13.5 Å². The molecule has 0 aliphatic rings. The van der Waals surface area contributed by atoms with Gasteiger partial charge in [-0.05, 0) is 59.7 Å². The van der Waals surface area contributed by atoms with Gasteiger partial charge in [-0.3, -0.25) is 9.69 Å². The van der Waals surface area contributed by atoms with Crippen LogP contribution >= 0.6 is 27.3 Å². The van der Waals surface area contributed by atoms with Crippen LogP contribution in [0, 0.1) is 12.7 Å². The summed E-state index contributed by atoms with van der Waals surface area (Å²) >= 11 is 5.06. The molecule has 6 heteroatoms. The number of carbonyl (C=O) groups excluding carboxylic acids is 1. The lowest BCUT2D eigenvalue weighted by molar-refractivity contribution is -0.117. The largest absolute Gasteiger partial charge is 0.325 e. The highest BCUT2D eigenvalue weighted by molar-refractivity contribution is 9.11. The Morgan fingerprint density at radius 3 is 2.76 bits per heavy atom. The zero-order valence-corrected chi connectivity index (χ0v) is 14.2. The van der Waals surface area contributed by atoms with E-state index < -0.39 is 0 Å². The molecule has 0 aliphatic heterocycles. The third kappa shape index (κ3) is 4.91. The van der Waals surface area contributed by atoms with Gasteiger partial charge in [-0.15, -0.1) is 11.3 Å². The number of nitrogens with one attached hydrogen (secondary N) is 1. The number of anilines is 1. The van der Waals surface area contributed by atoms with E-state index in [-0.39, 0.29) is 18.3 Å². The summed E-state index contributed by atoms with van der Waals surface area (Å²) in [7, 11) is 1.88. The number of likely N-dealkylation sites (N-methyl/N-ethyl adjacent to an activating group) is 1. The van der Waals surface area contributed by atoms with Crippen LogP contribution in [0.1, 0.15) is 10.4 Å². The molecular formula is C15H16BrFN2OS. The van der Waals surface area contributed by atoms with Gasteiger partial charge in [-0.2, -0.15) is 0 Å². The lowest BCUT2D eigenvalue weighted by Gasteiger charge is -2.15. The molecule has 0 bridgehead atoms. The Kier molecular flexibility index (Phi) is 5.50. The van der Waals surface area contributed by atoms with E-state index in [1.165, 1.54) is 10.9 Å². The Morgan fingerprint density at radius 2 is 2.14 bits per heavy atom. The fourth-order valence-corrected chi connectivity index (χ4v) is 3.44. The Hall–Kier alpha value is -1.24. The Morgan fingerprint density at radius 1 is 1.38 bits per heavy atom. The molecule has 0 aliphatic carbocycles. The number of thiophene rings is 1. The second kappa shape index (κ2) is 7.15. The van der Waals surface area contributed by atoms with Crippen LogP contribution in [0.3, 0.4) is 0 Å². The number of benzene rings is 1. The van der Waals surface area contributed by atoms with Gasteiger partial charge in [0, 0.05) is 17.1 Å². The van der Waals surface area contributed by atoms with E-state index in [4.69, 9.17) is 0 Å². The standard InChI is InChI=1S/C15H16BrFN2OS/c1-10-3-4-11(7-13(10)17)18-15(20)9-19(2)8-12-5-6-14(16)21-12/h3-7H,8-9H2,1-2H3,(H,18,20). The SMILES string of the molecule is Cc1ccc(NC(=O)CN(C)Cc2ccc(Br)s2)cc1F. The number of amides is 1. The summed E-state index contributed by atoms with van der Waals surface area (Å²) < 4.78 is 14.5. The summed E-state index contributed by atoms with van der Waals surface area (Å²) in [5.74, 6) is -0.471. The highest BCUT2D eigenvalue weighted by Gasteiger charge is 2.09. The molecule has 1 heterocycles. The topological polar surface area (TPSA) is 32.3 Å². The van der Waals surface area contributed by atoms with E-state index in [2.05, 4.69) is 21.2 Å². The number of aryl methyl sites for hydroxylation is 1. The van der Waals surface area contributed by atoms with Crippen molar-refractivity contribution in [3.8, 4) is 0 Å². The third-order valence-corrected chi connectivity index (χ3v) is 4.53. The van der Waals surface area contributed by atoms with Crippen molar-refractivity contribution in [2.24, 2.45) is 0 Å². The molecule has 0 atom stereocenters. The molecule has 0 fully saturated rings. The predicted molar refractivity (Wildman–Crippen MR) is 88.1 cm³/mol. The number of halogens is 2. The van der Waals surface area contributed by atoms with E-state index in [0.717, 1.165) is 3.79 Å². The van der Waals surface area contributed by atoms with Gasteiger partial charge in [0.25, 0.3) is 0 Å². The van der Waals surface area contributed by atoms with Crippen molar-refractivity contribution in [3.63, 3.8) is 0 Å². The molecule has 2 aromatic rings. The highest BCUT2D eigenvalue weighted by atomic mass is 79.9. The third-order valence-electron chi connectivity index (χ3n) is 2.92. The molecule has 112 valence electrons. The molecule has 1 aromatic carbocycles. The fraction of sp³-hybridized carbons (Fsp3) is 0.267. The van der Waals surface area contributed by atoms with Crippen LogP contribution in [0.2, 0.25) is 0 Å². The molecule has 1 amide bonds. The van der Waals surface area contributed by atoms with Crippen molar-refractivity contribution in [3.05, 3.63) is 50.4 Å². The summed E-state index contributed by atoms with van der Waals surface area (Å²) in [6.07, 6.45) is 0. The lowest BCUT2D eigenvalue weighted by atomic mass is 10.2. The van der Waals surface area contributed by atoms with Gasteiger partial charge in [0.2, 0.25) is 5.91 Å². The van der Waals surface area contributed by atoms with Crippen LogP contribution in [0.5, 0.6) is 0 Å². The summed E-state index contributed by atoms with van der Waals surface area (Å²) in [5, 5.41) is 2.71. The van der Waals surface area contributed by atoms with E-state index in [9.17, 15) is 9.18 Å². The normalized spacial score (nSPS) is 10.9. The van der Waals surface area contributed by atoms with Crippen LogP contribution in [-0.4, -0.2) is 24.4 Å². The van der Waals surface area contributed by atoms with Gasteiger partial charge in [-0.25, -0.2) is 4.39 Å². The van der Waals surface area contributed by atoms with Gasteiger partial charge >= 0.3 is 0 Å². The van der Waals surface area contributed by atoms with Crippen molar-refractivity contribution >= 4 is 38.9 Å². The molecule has 1 N–H and O–H groups in total. The minimum atomic E-state index is -0.315. The minimum absolute atomic E-state index is 0.156. The molecule has 21 heavy (non-hydrogen) atoms. The maximum atomic E-state index is 13.4. The fourth-order valence-electron chi connectivity index (χ4n) is 1.87. The number of nitrogens with zero attached hydrogens (tertiary/aromatic N) is 1. The zero-order chi connectivity index (χ0) is 15.4. The number of hydrogen-bond acceptors (Lipinski definition) is 3. The van der Waals surface area contributed by atoms with Gasteiger partial charge in [0.1, 0.15) is 5.82 Å². The first-order valence-electron chi connectivity index (χ1n) is 6.43. The van der Waals surface area contributed by atoms with Crippen LogP contribution in [0.4, 0.5) is 10.1 Å². The van der Waals surface area contributed by atoms with Gasteiger partial charge in [0.05, 0.1) is 10.3 Å². The van der Waals surface area contributed by atoms with Crippen LogP contribution in [0.15, 0.2) is 34.1 Å². The van der Waals surface area contributed by atoms with Crippen molar-refractivity contribution in [2.75, 3.05) is 18.9 Å². The zero-order valence-electron chi connectivity index (χ0n) is 11.8. The minimum Gasteiger partial charge on any atom is -0.325 e. The van der Waals surface area contributed by atoms with Crippen LogP contribution in [-0.2, 0) is 11.3 Å². The second-order valence-corrected chi connectivity index (χ2v) is 7.44. The number of hydrogen-bond donors (Lipinski definition) is 1. The van der Waals surface area contributed by atoms with Crippen molar-refractivity contribution < 1.29 is 9.18 Å². The Labute approximate surface area is 135 Å². The molecule has 3 nitrogen and oxygen atoms in total. The molecule has 0 spiro atoms. The van der Waals surface area contributed by atoms with Crippen molar-refractivity contribution in [1.82, 2.24) is 4.90 Å². The van der Waals surface area contributed by atoms with Crippen molar-refractivity contribution in [1.29, 1.82) is 0 Å². The van der Waals surface area contributed by atoms with Gasteiger partial charge in [-0.1, -0.05) is 6.07 Å². The Bertz CT molecular complexity index is 644. The summed E-state index contributed by atoms with van der Waals surface area (Å²) in [6.45, 7) is 2.64. The quantitative estimate of drug-likeness (QED) is 0.861. The second-order valence-electron chi connectivity index (χ2n) is 4.89. The summed E-state index contributed by atoms with van der Waals surface area (Å²) in [4.78, 5) is 15.0. The number of rotatable bonds is 5. The number of carbonyl (C=O) groups is 1. The van der Waals surface area contributed by atoms with E-state index in [0.29, 0.717) is 17.8 Å². The molecular weight excluding hydrogens is 355 g/mol. The smallest absolute Gasteiger partial charge is 0.238 e. The molecule has 0 saturated carbocycles. The maximum absolute atomic E-state index is 13.4. The summed E-state index contributed by atoms with van der Waals surface area (Å²) in [5.41, 5.74) is 1.05. The monoisotopic (exact) mass is 370 g/mol. The summed E-state index contributed by atoms with van der Waals surface area (Å²) in [6, 6.07) is 8.70. The maximum Gasteiger partial charge on any atom is 0.238 e. The van der Waals surface area contributed by atoms with Crippen LogP contribution < -0.4 is 5.32 Å². The van der Waals surface area contributed by atoms with Crippen LogP contribution in [0.25, 0.3) is 0 Å². The first-order valence-corrected chi connectivity index (χ1v) is 8.04. The average molecular weight is 371 g/mol. The lowest BCUT2D eigenvalue weighted by Crippen LogP contribution is -2.29. The Balaban J connectivity index is 1.87. The molecule has 0 radical (unpaired) electrons. The van der Waals surface area contributed by atoms with E-state index in [1.807, 2.05) is 24.1 Å². The highest BCUT2D eigenvalue weighted by Crippen LogP contribution is 2.23.